The minimum absolute atomic E-state index is 0.157. The van der Waals surface area contributed by atoms with E-state index in [4.69, 9.17) is 18.9 Å². The first-order valence-electron chi connectivity index (χ1n) is 8.93. The summed E-state index contributed by atoms with van der Waals surface area (Å²) in [6.45, 7) is 1.87. The molecule has 0 aromatic heterocycles. The number of benzene rings is 2. The fourth-order valence-corrected chi connectivity index (χ4v) is 3.41. The Bertz CT molecular complexity index is 1070. The van der Waals surface area contributed by atoms with Gasteiger partial charge in [-0.15, -0.1) is 0 Å². The molecule has 0 radical (unpaired) electrons. The molecular formula is C22H19NO6. The number of esters is 1. The molecule has 0 aliphatic carbocycles. The summed E-state index contributed by atoms with van der Waals surface area (Å²) in [5.41, 5.74) is 2.26. The maximum atomic E-state index is 13.3. The van der Waals surface area contributed by atoms with Crippen molar-refractivity contribution in [2.24, 2.45) is 0 Å². The summed E-state index contributed by atoms with van der Waals surface area (Å²) in [7, 11) is 2.85. The van der Waals surface area contributed by atoms with Gasteiger partial charge < -0.3 is 18.9 Å². The van der Waals surface area contributed by atoms with E-state index in [0.29, 0.717) is 34.2 Å². The van der Waals surface area contributed by atoms with Gasteiger partial charge >= 0.3 is 5.97 Å². The van der Waals surface area contributed by atoms with E-state index in [2.05, 4.69) is 0 Å². The molecule has 2 heterocycles. The minimum Gasteiger partial charge on any atom is -0.497 e. The highest BCUT2D eigenvalue weighted by atomic mass is 16.7. The van der Waals surface area contributed by atoms with E-state index in [1.165, 1.54) is 12.0 Å². The number of anilines is 1. The summed E-state index contributed by atoms with van der Waals surface area (Å²) in [5.74, 6) is 0.940. The molecule has 0 fully saturated rings. The van der Waals surface area contributed by atoms with E-state index < -0.39 is 5.97 Å². The molecule has 4 rings (SSSR count). The zero-order valence-electron chi connectivity index (χ0n) is 16.2. The molecule has 0 saturated carbocycles. The normalized spacial score (nSPS) is 16.6. The van der Waals surface area contributed by atoms with Gasteiger partial charge in [-0.1, -0.05) is 12.1 Å². The molecular weight excluding hydrogens is 374 g/mol. The molecule has 0 spiro atoms. The van der Waals surface area contributed by atoms with Crippen molar-refractivity contribution in [3.8, 4) is 17.2 Å². The van der Waals surface area contributed by atoms with Gasteiger partial charge in [0, 0.05) is 11.8 Å². The number of hydrogen-bond acceptors (Lipinski definition) is 6. The van der Waals surface area contributed by atoms with Crippen molar-refractivity contribution < 1.29 is 28.5 Å². The molecule has 7 heteroatoms. The maximum Gasteiger partial charge on any atom is 0.340 e. The van der Waals surface area contributed by atoms with E-state index in [1.54, 1.807) is 62.6 Å². The van der Waals surface area contributed by atoms with Gasteiger partial charge in [-0.25, -0.2) is 4.79 Å². The molecule has 2 aromatic carbocycles. The van der Waals surface area contributed by atoms with Gasteiger partial charge in [-0.2, -0.15) is 0 Å². The summed E-state index contributed by atoms with van der Waals surface area (Å²) in [6.07, 6.45) is 1.65. The Kier molecular flexibility index (Phi) is 4.72. The van der Waals surface area contributed by atoms with Crippen LogP contribution in [0.3, 0.4) is 0 Å². The molecule has 0 unspecified atom stereocenters. The SMILES string of the molecule is COC(=O)C1=C(C)N(c2cccc(OC)c2)C(=O)/C1=C\c1ccc2c(c1)OCO2. The third-order valence-electron chi connectivity index (χ3n) is 4.81. The van der Waals surface area contributed by atoms with Gasteiger partial charge in [-0.3, -0.25) is 9.69 Å². The van der Waals surface area contributed by atoms with E-state index in [9.17, 15) is 9.59 Å². The van der Waals surface area contributed by atoms with E-state index >= 15 is 0 Å². The third kappa shape index (κ3) is 3.20. The van der Waals surface area contributed by atoms with Crippen LogP contribution in [0.4, 0.5) is 5.69 Å². The van der Waals surface area contributed by atoms with Crippen molar-refractivity contribution in [3.05, 3.63) is 64.9 Å². The molecule has 7 nitrogen and oxygen atoms in total. The quantitative estimate of drug-likeness (QED) is 0.586. The molecule has 1 amide bonds. The van der Waals surface area contributed by atoms with Crippen molar-refractivity contribution >= 4 is 23.6 Å². The molecule has 0 N–H and O–H groups in total. The van der Waals surface area contributed by atoms with Crippen molar-refractivity contribution in [3.63, 3.8) is 0 Å². The maximum absolute atomic E-state index is 13.3. The second kappa shape index (κ2) is 7.35. The van der Waals surface area contributed by atoms with E-state index in [0.717, 1.165) is 0 Å². The largest absolute Gasteiger partial charge is 0.497 e. The monoisotopic (exact) mass is 393 g/mol. The van der Waals surface area contributed by atoms with Crippen molar-refractivity contribution in [2.75, 3.05) is 25.9 Å². The van der Waals surface area contributed by atoms with E-state index in [1.807, 2.05) is 0 Å². The summed E-state index contributed by atoms with van der Waals surface area (Å²) < 4.78 is 20.9. The first-order chi connectivity index (χ1) is 14.0. The first kappa shape index (κ1) is 18.6. The summed E-state index contributed by atoms with van der Waals surface area (Å²) in [4.78, 5) is 27.3. The van der Waals surface area contributed by atoms with Gasteiger partial charge in [0.25, 0.3) is 5.91 Å². The van der Waals surface area contributed by atoms with E-state index in [-0.39, 0.29) is 23.8 Å². The van der Waals surface area contributed by atoms with Crippen LogP contribution in [0.2, 0.25) is 0 Å². The highest BCUT2D eigenvalue weighted by molar-refractivity contribution is 6.23. The third-order valence-corrected chi connectivity index (χ3v) is 4.81. The molecule has 29 heavy (non-hydrogen) atoms. The Hall–Kier alpha value is -3.74. The van der Waals surface area contributed by atoms with Crippen LogP contribution in [0.1, 0.15) is 12.5 Å². The lowest BCUT2D eigenvalue weighted by atomic mass is 10.0. The van der Waals surface area contributed by atoms with Gasteiger partial charge in [-0.05, 0) is 42.8 Å². The zero-order chi connectivity index (χ0) is 20.5. The highest BCUT2D eigenvalue weighted by Crippen LogP contribution is 2.38. The standard InChI is InChI=1S/C22H19NO6/c1-13-20(22(25)27-3)17(9-14-7-8-18-19(10-14)29-12-28-18)21(24)23(13)15-5-4-6-16(11-15)26-2/h4-11H,12H2,1-3H3/b17-9-. The lowest BCUT2D eigenvalue weighted by Gasteiger charge is -2.18. The minimum atomic E-state index is -0.576. The number of hydrogen-bond donors (Lipinski definition) is 0. The summed E-state index contributed by atoms with van der Waals surface area (Å²) in [6, 6.07) is 12.4. The number of carbonyl (C=O) groups is 2. The summed E-state index contributed by atoms with van der Waals surface area (Å²) >= 11 is 0. The van der Waals surface area contributed by atoms with Gasteiger partial charge in [0.15, 0.2) is 11.5 Å². The van der Waals surface area contributed by atoms with Crippen LogP contribution in [-0.4, -0.2) is 32.9 Å². The number of allylic oxidation sites excluding steroid dienone is 1. The Balaban J connectivity index is 1.81. The van der Waals surface area contributed by atoms with Crippen LogP contribution in [0, 0.1) is 0 Å². The van der Waals surface area contributed by atoms with Crippen LogP contribution in [0.5, 0.6) is 17.2 Å². The number of rotatable bonds is 4. The average molecular weight is 393 g/mol. The predicted octanol–water partition coefficient (Wildman–Crippen LogP) is 3.30. The molecule has 2 aromatic rings. The lowest BCUT2D eigenvalue weighted by molar-refractivity contribution is -0.136. The Morgan fingerprint density at radius 2 is 1.90 bits per heavy atom. The fourth-order valence-electron chi connectivity index (χ4n) is 3.41. The Morgan fingerprint density at radius 3 is 2.66 bits per heavy atom. The Labute approximate surface area is 167 Å². The second-order valence-electron chi connectivity index (χ2n) is 6.46. The molecule has 148 valence electrons. The lowest BCUT2D eigenvalue weighted by Crippen LogP contribution is -2.24. The average Bonchev–Trinajstić information content (AvgIpc) is 3.29. The van der Waals surface area contributed by atoms with Crippen molar-refractivity contribution in [2.45, 2.75) is 6.92 Å². The smallest absolute Gasteiger partial charge is 0.340 e. The van der Waals surface area contributed by atoms with Crippen molar-refractivity contribution in [1.29, 1.82) is 0 Å². The molecule has 0 bridgehead atoms. The predicted molar refractivity (Wildman–Crippen MR) is 106 cm³/mol. The number of carbonyl (C=O) groups excluding carboxylic acids is 2. The number of fused-ring (bicyclic) bond motifs is 1. The van der Waals surface area contributed by atoms with Gasteiger partial charge in [0.05, 0.1) is 31.1 Å². The number of methoxy groups -OCH3 is 2. The highest BCUT2D eigenvalue weighted by Gasteiger charge is 2.38. The number of ether oxygens (including phenoxy) is 4. The van der Waals surface area contributed by atoms with Gasteiger partial charge in [0.1, 0.15) is 5.75 Å². The van der Waals surface area contributed by atoms with Crippen molar-refractivity contribution in [1.82, 2.24) is 0 Å². The topological polar surface area (TPSA) is 74.3 Å². The van der Waals surface area contributed by atoms with Gasteiger partial charge in [0.2, 0.25) is 6.79 Å². The second-order valence-corrected chi connectivity index (χ2v) is 6.46. The molecule has 2 aliphatic rings. The van der Waals surface area contributed by atoms with Crippen LogP contribution in [-0.2, 0) is 14.3 Å². The number of amides is 1. The van der Waals surface area contributed by atoms with Crippen LogP contribution in [0.15, 0.2) is 59.3 Å². The van der Waals surface area contributed by atoms with Crippen LogP contribution >= 0.6 is 0 Å². The number of nitrogens with zero attached hydrogens (tertiary/aromatic N) is 1. The zero-order valence-corrected chi connectivity index (χ0v) is 16.2. The van der Waals surface area contributed by atoms with Crippen LogP contribution in [0.25, 0.3) is 6.08 Å². The first-order valence-corrected chi connectivity index (χ1v) is 8.93. The molecule has 0 atom stereocenters. The molecule has 0 saturated heterocycles. The van der Waals surface area contributed by atoms with Crippen LogP contribution < -0.4 is 19.1 Å². The fraction of sp³-hybridized carbons (Fsp3) is 0.182. The molecule has 2 aliphatic heterocycles. The Morgan fingerprint density at radius 1 is 1.10 bits per heavy atom. The summed E-state index contributed by atoms with van der Waals surface area (Å²) in [5, 5.41) is 0.